The summed E-state index contributed by atoms with van der Waals surface area (Å²) in [5.74, 6) is -1.03. The molecule has 2 N–H and O–H groups in total. The minimum Gasteiger partial charge on any atom is -0.488 e. The van der Waals surface area contributed by atoms with Gasteiger partial charge >= 0.3 is 7.60 Å². The Morgan fingerprint density at radius 2 is 2.05 bits per heavy atom. The van der Waals surface area contributed by atoms with Gasteiger partial charge in [0, 0.05) is 16.8 Å². The molecule has 2 aromatic carbocycles. The van der Waals surface area contributed by atoms with Gasteiger partial charge < -0.3 is 18.9 Å². The van der Waals surface area contributed by atoms with E-state index in [0.29, 0.717) is 24.4 Å². The highest BCUT2D eigenvalue weighted by atomic mass is 35.5. The van der Waals surface area contributed by atoms with Crippen LogP contribution in [0.2, 0.25) is 0 Å². The second-order valence-corrected chi connectivity index (χ2v) is 13.3. The molecule has 0 amide bonds. The third-order valence-electron chi connectivity index (χ3n) is 5.37. The smallest absolute Gasteiger partial charge is 0.391 e. The molecule has 15 heteroatoms. The Morgan fingerprint density at radius 3 is 2.73 bits per heavy atom. The zero-order chi connectivity index (χ0) is 28.8. The van der Waals surface area contributed by atoms with Crippen molar-refractivity contribution in [2.24, 2.45) is 0 Å². The number of rotatable bonds is 13. The zero-order valence-corrected chi connectivity index (χ0v) is 24.0. The van der Waals surface area contributed by atoms with Crippen molar-refractivity contribution in [2.45, 2.75) is 4.21 Å². The number of nitrogens with zero attached hydrogens (tertiary/aromatic N) is 2. The minimum absolute atomic E-state index is 0.0167. The molecule has 40 heavy (non-hydrogen) atoms. The highest BCUT2D eigenvalue weighted by Crippen LogP contribution is 2.45. The number of hydrogen-bond donors (Lipinski definition) is 2. The first-order chi connectivity index (χ1) is 19.1. The Balaban J connectivity index is 1.62. The van der Waals surface area contributed by atoms with Crippen molar-refractivity contribution in [2.75, 3.05) is 38.5 Å². The maximum atomic E-state index is 15.6. The highest BCUT2D eigenvalue weighted by Gasteiger charge is 2.32. The molecule has 2 heterocycles. The van der Waals surface area contributed by atoms with Crippen LogP contribution in [-0.4, -0.2) is 56.7 Å². The monoisotopic (exact) mass is 626 g/mol. The largest absolute Gasteiger partial charge is 0.488 e. The molecule has 0 fully saturated rings. The first kappa shape index (κ1) is 29.8. The number of para-hydroxylation sites is 1. The van der Waals surface area contributed by atoms with Gasteiger partial charge in [0.2, 0.25) is 0 Å². The van der Waals surface area contributed by atoms with E-state index in [9.17, 15) is 23.1 Å². The number of sulfonamides is 1. The Kier molecular flexibility index (Phi) is 9.66. The van der Waals surface area contributed by atoms with Crippen molar-refractivity contribution in [1.82, 2.24) is 9.62 Å². The van der Waals surface area contributed by atoms with E-state index in [2.05, 4.69) is 6.20 Å². The van der Waals surface area contributed by atoms with Crippen molar-refractivity contribution in [3.8, 4) is 23.3 Å². The standard InChI is InChI=1S/C25H22ClFN3O7PS2/c26-9-13-36-24-19(16-28)22-21(15-20(24)35-14-12-30-10-5-2-6-11-30)39-25(23(22)27)40(33,34)29-17-38(31,32)37-18-7-3-1-4-8-18/h1-8,15,29H,9-10,12-14,17H2/p+1. The van der Waals surface area contributed by atoms with E-state index in [-0.39, 0.29) is 52.0 Å². The Labute approximate surface area is 239 Å². The summed E-state index contributed by atoms with van der Waals surface area (Å²) in [4.78, 5) is 12.0. The quantitative estimate of drug-likeness (QED) is 0.158. The first-order valence-electron chi connectivity index (χ1n) is 11.7. The van der Waals surface area contributed by atoms with Crippen LogP contribution in [0.3, 0.4) is 0 Å². The molecule has 1 aliphatic heterocycles. The van der Waals surface area contributed by atoms with Gasteiger partial charge in [0.05, 0.1) is 30.4 Å². The fraction of sp³-hybridized carbons (Fsp3) is 0.240. The van der Waals surface area contributed by atoms with E-state index in [0.717, 1.165) is 0 Å². The van der Waals surface area contributed by atoms with Crippen LogP contribution < -0.4 is 18.7 Å². The molecule has 1 atom stereocenters. The maximum Gasteiger partial charge on any atom is 0.391 e. The number of hydrogen-bond acceptors (Lipinski definition) is 9. The van der Waals surface area contributed by atoms with Gasteiger partial charge in [0.25, 0.3) is 10.0 Å². The number of benzene rings is 2. The van der Waals surface area contributed by atoms with Crippen LogP contribution in [-0.2, 0) is 14.6 Å². The lowest BCUT2D eigenvalue weighted by molar-refractivity contribution is 0.242. The van der Waals surface area contributed by atoms with Gasteiger partial charge in [-0.25, -0.2) is 22.3 Å². The molecule has 4 rings (SSSR count). The molecule has 0 radical (unpaired) electrons. The van der Waals surface area contributed by atoms with Crippen molar-refractivity contribution in [3.05, 3.63) is 72.2 Å². The van der Waals surface area contributed by atoms with Crippen molar-refractivity contribution in [1.29, 1.82) is 5.26 Å². The number of nitrogens with one attached hydrogen (secondary N) is 1. The third kappa shape index (κ3) is 7.11. The molecule has 1 aliphatic rings. The molecular formula is C25H23ClFN3O7PS2+. The summed E-state index contributed by atoms with van der Waals surface area (Å²) < 4.78 is 71.8. The van der Waals surface area contributed by atoms with E-state index >= 15 is 4.39 Å². The minimum atomic E-state index is -4.63. The number of halogens is 2. The summed E-state index contributed by atoms with van der Waals surface area (Å²) >= 11 is 6.29. The fourth-order valence-electron chi connectivity index (χ4n) is 3.62. The van der Waals surface area contributed by atoms with Crippen LogP contribution in [0.25, 0.3) is 10.1 Å². The fourth-order valence-corrected chi connectivity index (χ4v) is 7.75. The number of thiophene rings is 1. The van der Waals surface area contributed by atoms with E-state index in [1.54, 1.807) is 24.3 Å². The van der Waals surface area contributed by atoms with E-state index in [1.165, 1.54) is 18.2 Å². The van der Waals surface area contributed by atoms with Crippen molar-refractivity contribution in [3.63, 3.8) is 0 Å². The van der Waals surface area contributed by atoms with Gasteiger partial charge in [-0.1, -0.05) is 18.2 Å². The molecule has 3 aromatic rings. The first-order valence-corrected chi connectivity index (χ1v) is 16.3. The number of ether oxygens (including phenoxy) is 2. The van der Waals surface area contributed by atoms with Gasteiger partial charge in [0.1, 0.15) is 36.9 Å². The molecular weight excluding hydrogens is 604 g/mol. The topological polar surface area (TPSA) is 138 Å². The average molecular weight is 627 g/mol. The molecule has 0 aliphatic carbocycles. The predicted molar refractivity (Wildman–Crippen MR) is 149 cm³/mol. The average Bonchev–Trinajstić information content (AvgIpc) is 3.28. The van der Waals surface area contributed by atoms with E-state index in [4.69, 9.17) is 25.6 Å². The Hall–Kier alpha value is -3.20. The van der Waals surface area contributed by atoms with Crippen molar-refractivity contribution < 1.29 is 36.3 Å². The summed E-state index contributed by atoms with van der Waals surface area (Å²) in [5.41, 5.74) is -0.263. The molecule has 0 bridgehead atoms. The van der Waals surface area contributed by atoms with E-state index in [1.807, 2.05) is 27.8 Å². The SMILES string of the molecule is N#Cc1c(OCCCl)c(OCCN2[C+]=CC=CC2)cc2sc(S(=O)(=O)NCP(=O)(O)Oc3ccccc3)c(F)c12. The molecule has 0 saturated heterocycles. The number of fused-ring (bicyclic) bond motifs is 1. The van der Waals surface area contributed by atoms with Gasteiger partial charge in [-0.3, -0.25) is 0 Å². The summed E-state index contributed by atoms with van der Waals surface area (Å²) in [6.45, 7) is 1.23. The van der Waals surface area contributed by atoms with Crippen molar-refractivity contribution >= 4 is 50.6 Å². The zero-order valence-electron chi connectivity index (χ0n) is 20.7. The van der Waals surface area contributed by atoms with Crippen LogP contribution in [0.15, 0.2) is 58.8 Å². The highest BCUT2D eigenvalue weighted by molar-refractivity contribution is 7.92. The van der Waals surface area contributed by atoms with Gasteiger partial charge in [-0.2, -0.15) is 9.98 Å². The number of nitriles is 1. The van der Waals surface area contributed by atoms with Gasteiger partial charge in [0.15, 0.2) is 33.8 Å². The normalized spacial score (nSPS) is 14.4. The Morgan fingerprint density at radius 1 is 1.27 bits per heavy atom. The number of allylic oxidation sites excluding steroid dienone is 2. The number of alkyl halides is 1. The second-order valence-electron chi connectivity index (χ2n) is 8.17. The molecule has 0 spiro atoms. The lowest BCUT2D eigenvalue weighted by Gasteiger charge is -2.16. The lowest BCUT2D eigenvalue weighted by atomic mass is 10.1. The van der Waals surface area contributed by atoms with Crippen LogP contribution in [0.4, 0.5) is 4.39 Å². The maximum absolute atomic E-state index is 15.6. The summed E-state index contributed by atoms with van der Waals surface area (Å²) in [7, 11) is -9.11. The third-order valence-corrected chi connectivity index (χ3v) is 9.80. The molecule has 0 saturated carbocycles. The van der Waals surface area contributed by atoms with Gasteiger partial charge in [-0.15, -0.1) is 22.9 Å². The molecule has 210 valence electrons. The summed E-state index contributed by atoms with van der Waals surface area (Å²) in [6, 6.07) is 10.9. The second kappa shape index (κ2) is 13.0. The van der Waals surface area contributed by atoms with Crippen LogP contribution in [0.5, 0.6) is 17.2 Å². The van der Waals surface area contributed by atoms with E-state index < -0.39 is 33.9 Å². The lowest BCUT2D eigenvalue weighted by Crippen LogP contribution is -2.25. The predicted octanol–water partition coefficient (Wildman–Crippen LogP) is 4.60. The summed E-state index contributed by atoms with van der Waals surface area (Å²) in [5, 5.41) is 9.61. The molecule has 1 unspecified atom stereocenters. The Bertz CT molecular complexity index is 1620. The molecule has 1 aromatic heterocycles. The molecule has 10 nitrogen and oxygen atoms in total. The van der Waals surface area contributed by atoms with Gasteiger partial charge in [-0.05, 0) is 12.1 Å². The summed E-state index contributed by atoms with van der Waals surface area (Å²) in [6.07, 6.45) is 7.59. The van der Waals surface area contributed by atoms with Crippen LogP contribution >= 0.6 is 30.5 Å². The van der Waals surface area contributed by atoms with Crippen LogP contribution in [0, 0.1) is 23.3 Å². The van der Waals surface area contributed by atoms with Crippen LogP contribution in [0.1, 0.15) is 5.56 Å².